The molecule has 0 unspecified atom stereocenters. The molecule has 1 N–H and O–H groups in total. The van der Waals surface area contributed by atoms with E-state index < -0.39 is 0 Å². The summed E-state index contributed by atoms with van der Waals surface area (Å²) >= 11 is 5.49. The van der Waals surface area contributed by atoms with E-state index in [1.807, 2.05) is 0 Å². The molecule has 60 valence electrons. The van der Waals surface area contributed by atoms with Crippen molar-refractivity contribution in [3.05, 3.63) is 0 Å². The number of alkyl halides is 1. The zero-order valence-electron chi connectivity index (χ0n) is 6.78. The predicted molar refractivity (Wildman–Crippen MR) is 47.1 cm³/mol. The van der Waals surface area contributed by atoms with E-state index in [0.29, 0.717) is 17.5 Å². The molecule has 0 aliphatic carbocycles. The second-order valence-electron chi connectivity index (χ2n) is 2.62. The van der Waals surface area contributed by atoms with E-state index in [1.54, 1.807) is 0 Å². The van der Waals surface area contributed by atoms with Gasteiger partial charge in [0.25, 0.3) is 0 Å². The van der Waals surface area contributed by atoms with E-state index >= 15 is 0 Å². The zero-order valence-corrected chi connectivity index (χ0v) is 7.54. The quantitative estimate of drug-likeness (QED) is 0.474. The Kier molecular flexibility index (Phi) is 5.70. The lowest BCUT2D eigenvalue weighted by atomic mass is 9.97. The van der Waals surface area contributed by atoms with Crippen molar-refractivity contribution in [2.45, 2.75) is 33.1 Å². The van der Waals surface area contributed by atoms with Crippen LogP contribution in [0.15, 0.2) is 0 Å². The third-order valence-electron chi connectivity index (χ3n) is 1.85. The van der Waals surface area contributed by atoms with Crippen LogP contribution < -0.4 is 0 Å². The van der Waals surface area contributed by atoms with E-state index in [1.165, 1.54) is 0 Å². The summed E-state index contributed by atoms with van der Waals surface area (Å²) in [6.45, 7) is 4.32. The van der Waals surface area contributed by atoms with E-state index in [9.17, 15) is 0 Å². The number of hydrogen-bond donors (Lipinski definition) is 1. The summed E-state index contributed by atoms with van der Waals surface area (Å²) in [6.07, 6.45) is 3.21. The molecule has 0 aromatic carbocycles. The van der Waals surface area contributed by atoms with Gasteiger partial charge in [-0.05, 0) is 12.3 Å². The lowest BCUT2D eigenvalue weighted by Gasteiger charge is -2.10. The molecule has 0 amide bonds. The summed E-state index contributed by atoms with van der Waals surface area (Å²) in [6, 6.07) is 0. The van der Waals surface area contributed by atoms with Gasteiger partial charge in [0.2, 0.25) is 0 Å². The van der Waals surface area contributed by atoms with Crippen molar-refractivity contribution in [2.75, 3.05) is 5.88 Å². The highest BCUT2D eigenvalue weighted by atomic mass is 35.5. The minimum absolute atomic E-state index is 0.399. The molecule has 0 fully saturated rings. The van der Waals surface area contributed by atoms with Crippen molar-refractivity contribution < 1.29 is 0 Å². The lowest BCUT2D eigenvalue weighted by molar-refractivity contribution is 0.511. The fourth-order valence-electron chi connectivity index (χ4n) is 0.980. The van der Waals surface area contributed by atoms with Gasteiger partial charge in [-0.1, -0.05) is 26.7 Å². The molecule has 1 nitrogen and oxygen atoms in total. The van der Waals surface area contributed by atoms with Crippen molar-refractivity contribution in [3.8, 4) is 0 Å². The largest absolute Gasteiger partial charge is 0.308 e. The minimum atomic E-state index is 0.399. The van der Waals surface area contributed by atoms with Crippen LogP contribution in [0.4, 0.5) is 0 Å². The molecule has 0 aromatic rings. The highest BCUT2D eigenvalue weighted by molar-refractivity contribution is 6.28. The molecule has 0 aliphatic heterocycles. The van der Waals surface area contributed by atoms with Gasteiger partial charge in [-0.25, -0.2) is 0 Å². The fourth-order valence-corrected chi connectivity index (χ4v) is 1.09. The van der Waals surface area contributed by atoms with Crippen LogP contribution in [0.3, 0.4) is 0 Å². The van der Waals surface area contributed by atoms with Crippen molar-refractivity contribution in [2.24, 2.45) is 5.92 Å². The Morgan fingerprint density at radius 1 is 1.40 bits per heavy atom. The van der Waals surface area contributed by atoms with Gasteiger partial charge in [0.05, 0.1) is 5.88 Å². The van der Waals surface area contributed by atoms with E-state index in [-0.39, 0.29) is 0 Å². The minimum Gasteiger partial charge on any atom is -0.308 e. The van der Waals surface area contributed by atoms with Crippen molar-refractivity contribution in [1.82, 2.24) is 0 Å². The van der Waals surface area contributed by atoms with Crippen LogP contribution in [0, 0.1) is 11.3 Å². The van der Waals surface area contributed by atoms with E-state index in [4.69, 9.17) is 17.0 Å². The van der Waals surface area contributed by atoms with Gasteiger partial charge in [-0.15, -0.1) is 11.6 Å². The normalized spacial score (nSPS) is 10.4. The summed E-state index contributed by atoms with van der Waals surface area (Å²) in [5.41, 5.74) is 0.676. The van der Waals surface area contributed by atoms with Crippen LogP contribution >= 0.6 is 11.6 Å². The first-order chi connectivity index (χ1) is 4.74. The molecule has 2 heteroatoms. The summed E-state index contributed by atoms with van der Waals surface area (Å²) in [5.74, 6) is 1.07. The fraction of sp³-hybridized carbons (Fsp3) is 0.875. The molecule has 0 radical (unpaired) electrons. The van der Waals surface area contributed by atoms with Gasteiger partial charge < -0.3 is 5.41 Å². The molecule has 0 aliphatic rings. The molecule has 0 heterocycles. The molecule has 0 saturated carbocycles. The van der Waals surface area contributed by atoms with Crippen molar-refractivity contribution in [1.29, 1.82) is 5.41 Å². The van der Waals surface area contributed by atoms with Crippen molar-refractivity contribution in [3.63, 3.8) is 0 Å². The maximum atomic E-state index is 7.34. The Morgan fingerprint density at radius 3 is 2.20 bits per heavy atom. The zero-order chi connectivity index (χ0) is 7.98. The first kappa shape index (κ1) is 9.96. The maximum absolute atomic E-state index is 7.34. The topological polar surface area (TPSA) is 23.9 Å². The summed E-state index contributed by atoms with van der Waals surface area (Å²) < 4.78 is 0. The molecule has 0 saturated heterocycles. The van der Waals surface area contributed by atoms with Crippen LogP contribution in [0.2, 0.25) is 0 Å². The molecule has 0 aromatic heterocycles. The Labute approximate surface area is 68.3 Å². The molecule has 0 bridgehead atoms. The number of rotatable bonds is 5. The molecule has 0 atom stereocenters. The Morgan fingerprint density at radius 2 is 1.90 bits per heavy atom. The van der Waals surface area contributed by atoms with Gasteiger partial charge in [0.15, 0.2) is 0 Å². The molecular weight excluding hydrogens is 146 g/mol. The highest BCUT2D eigenvalue weighted by Crippen LogP contribution is 2.12. The van der Waals surface area contributed by atoms with E-state index in [2.05, 4.69) is 13.8 Å². The molecule has 0 rings (SSSR count). The monoisotopic (exact) mass is 161 g/mol. The van der Waals surface area contributed by atoms with Crippen LogP contribution in [-0.2, 0) is 0 Å². The van der Waals surface area contributed by atoms with Gasteiger partial charge in [-0.3, -0.25) is 0 Å². The Balaban J connectivity index is 3.52. The standard InChI is InChI=1S/C8H16ClN/c1-3-7(4-2)5-8(10)6-9/h7,10H,3-6H2,1-2H3. The number of hydrogen-bond acceptors (Lipinski definition) is 1. The number of halogens is 1. The molecule has 0 spiro atoms. The van der Waals surface area contributed by atoms with Crippen LogP contribution in [-0.4, -0.2) is 11.6 Å². The predicted octanol–water partition coefficient (Wildman–Crippen LogP) is 3.07. The third kappa shape index (κ3) is 3.89. The van der Waals surface area contributed by atoms with Gasteiger partial charge >= 0.3 is 0 Å². The van der Waals surface area contributed by atoms with Gasteiger partial charge in [-0.2, -0.15) is 0 Å². The first-order valence-electron chi connectivity index (χ1n) is 3.86. The average Bonchev–Trinajstić information content (AvgIpc) is 1.99. The SMILES string of the molecule is CCC(CC)CC(=N)CCl. The summed E-state index contributed by atoms with van der Waals surface area (Å²) in [7, 11) is 0. The maximum Gasteiger partial charge on any atom is 0.0601 e. The first-order valence-corrected chi connectivity index (χ1v) is 4.40. The Bertz CT molecular complexity index is 97.4. The van der Waals surface area contributed by atoms with Crippen LogP contribution in [0.5, 0.6) is 0 Å². The van der Waals surface area contributed by atoms with Crippen LogP contribution in [0.1, 0.15) is 33.1 Å². The van der Waals surface area contributed by atoms with Gasteiger partial charge in [0.1, 0.15) is 0 Å². The van der Waals surface area contributed by atoms with Gasteiger partial charge in [0, 0.05) is 5.71 Å². The van der Waals surface area contributed by atoms with Crippen molar-refractivity contribution >= 4 is 17.3 Å². The smallest absolute Gasteiger partial charge is 0.0601 e. The second-order valence-corrected chi connectivity index (χ2v) is 2.89. The third-order valence-corrected chi connectivity index (χ3v) is 2.17. The average molecular weight is 162 g/mol. The summed E-state index contributed by atoms with van der Waals surface area (Å²) in [4.78, 5) is 0. The number of nitrogens with one attached hydrogen (secondary N) is 1. The molecular formula is C8H16ClN. The highest BCUT2D eigenvalue weighted by Gasteiger charge is 2.05. The lowest BCUT2D eigenvalue weighted by Crippen LogP contribution is -2.06. The Hall–Kier alpha value is -0.0400. The van der Waals surface area contributed by atoms with Crippen LogP contribution in [0.25, 0.3) is 0 Å². The second kappa shape index (κ2) is 5.72. The molecule has 10 heavy (non-hydrogen) atoms. The van der Waals surface area contributed by atoms with E-state index in [0.717, 1.165) is 19.3 Å². The summed E-state index contributed by atoms with van der Waals surface area (Å²) in [5, 5.41) is 7.34.